The first kappa shape index (κ1) is 13.3. The van der Waals surface area contributed by atoms with E-state index >= 15 is 0 Å². The molecule has 2 heterocycles. The van der Waals surface area contributed by atoms with Gasteiger partial charge in [0.15, 0.2) is 0 Å². The summed E-state index contributed by atoms with van der Waals surface area (Å²) < 4.78 is 0. The van der Waals surface area contributed by atoms with Crippen LogP contribution in [0.3, 0.4) is 0 Å². The molecule has 1 saturated heterocycles. The Bertz CT molecular complexity index is 378. The van der Waals surface area contributed by atoms with E-state index in [9.17, 15) is 0 Å². The third-order valence-electron chi connectivity index (χ3n) is 3.99. The molecule has 0 amide bonds. The lowest BCUT2D eigenvalue weighted by atomic mass is 10.0. The van der Waals surface area contributed by atoms with Gasteiger partial charge >= 0.3 is 0 Å². The molecule has 1 aromatic heterocycles. The molecular formula is C15H25N3. The minimum absolute atomic E-state index is 0.246. The molecule has 0 aromatic carbocycles. The summed E-state index contributed by atoms with van der Waals surface area (Å²) in [5, 5.41) is 0. The van der Waals surface area contributed by atoms with E-state index in [1.807, 2.05) is 12.3 Å². The van der Waals surface area contributed by atoms with E-state index in [4.69, 9.17) is 5.73 Å². The standard InChI is InChI=1S/C15H25N3/c1-3-13(16)11-12-7-5-9-17-15(12)18-10-6-8-14(18)4-2/h5,7,9,13-14H,3-4,6,8,10-11,16H2,1-2H3. The fourth-order valence-electron chi connectivity index (χ4n) is 2.81. The Kier molecular flexibility index (Phi) is 4.59. The van der Waals surface area contributed by atoms with Crippen molar-refractivity contribution in [2.24, 2.45) is 5.73 Å². The third-order valence-corrected chi connectivity index (χ3v) is 3.99. The predicted octanol–water partition coefficient (Wildman–Crippen LogP) is 2.74. The zero-order valence-corrected chi connectivity index (χ0v) is 11.6. The summed E-state index contributed by atoms with van der Waals surface area (Å²) in [6.07, 6.45) is 7.65. The van der Waals surface area contributed by atoms with Crippen molar-refractivity contribution in [3.05, 3.63) is 23.9 Å². The van der Waals surface area contributed by atoms with Gasteiger partial charge in [-0.1, -0.05) is 19.9 Å². The molecule has 1 aliphatic rings. The first-order valence-electron chi connectivity index (χ1n) is 7.22. The molecule has 0 aliphatic carbocycles. The molecule has 1 aliphatic heterocycles. The van der Waals surface area contributed by atoms with Crippen molar-refractivity contribution < 1.29 is 0 Å². The van der Waals surface area contributed by atoms with Crippen LogP contribution in [0.15, 0.2) is 18.3 Å². The van der Waals surface area contributed by atoms with E-state index in [-0.39, 0.29) is 6.04 Å². The number of pyridine rings is 1. The summed E-state index contributed by atoms with van der Waals surface area (Å²) in [7, 11) is 0. The average molecular weight is 247 g/mol. The van der Waals surface area contributed by atoms with Crippen LogP contribution >= 0.6 is 0 Å². The summed E-state index contributed by atoms with van der Waals surface area (Å²) in [4.78, 5) is 7.10. The largest absolute Gasteiger partial charge is 0.353 e. The van der Waals surface area contributed by atoms with Crippen LogP contribution < -0.4 is 10.6 Å². The minimum atomic E-state index is 0.246. The fourth-order valence-corrected chi connectivity index (χ4v) is 2.81. The van der Waals surface area contributed by atoms with Crippen LogP contribution in [0.25, 0.3) is 0 Å². The lowest BCUT2D eigenvalue weighted by Crippen LogP contribution is -2.31. The van der Waals surface area contributed by atoms with Crippen LogP contribution in [0.4, 0.5) is 5.82 Å². The zero-order valence-electron chi connectivity index (χ0n) is 11.6. The highest BCUT2D eigenvalue weighted by Gasteiger charge is 2.25. The molecule has 3 heteroatoms. The van der Waals surface area contributed by atoms with Gasteiger partial charge < -0.3 is 10.6 Å². The van der Waals surface area contributed by atoms with Gasteiger partial charge in [-0.2, -0.15) is 0 Å². The Balaban J connectivity index is 2.21. The molecule has 3 nitrogen and oxygen atoms in total. The first-order valence-corrected chi connectivity index (χ1v) is 7.22. The number of nitrogens with two attached hydrogens (primary N) is 1. The molecule has 2 atom stereocenters. The van der Waals surface area contributed by atoms with Crippen molar-refractivity contribution >= 4 is 5.82 Å². The van der Waals surface area contributed by atoms with Crippen LogP contribution in [0, 0.1) is 0 Å². The number of aromatic nitrogens is 1. The van der Waals surface area contributed by atoms with E-state index < -0.39 is 0 Å². The molecule has 2 N–H and O–H groups in total. The van der Waals surface area contributed by atoms with E-state index in [1.165, 1.54) is 30.6 Å². The quantitative estimate of drug-likeness (QED) is 0.870. The van der Waals surface area contributed by atoms with Crippen molar-refractivity contribution in [3.63, 3.8) is 0 Å². The van der Waals surface area contributed by atoms with Crippen molar-refractivity contribution in [2.45, 2.75) is 58.0 Å². The Morgan fingerprint density at radius 3 is 3.06 bits per heavy atom. The van der Waals surface area contributed by atoms with Crippen molar-refractivity contribution in [3.8, 4) is 0 Å². The second-order valence-electron chi connectivity index (χ2n) is 5.26. The highest BCUT2D eigenvalue weighted by atomic mass is 15.2. The number of rotatable bonds is 5. The molecule has 18 heavy (non-hydrogen) atoms. The third kappa shape index (κ3) is 2.83. The monoisotopic (exact) mass is 247 g/mol. The summed E-state index contributed by atoms with van der Waals surface area (Å²) in [6.45, 7) is 5.55. The first-order chi connectivity index (χ1) is 8.76. The lowest BCUT2D eigenvalue weighted by molar-refractivity contribution is 0.622. The van der Waals surface area contributed by atoms with Crippen molar-refractivity contribution in [1.29, 1.82) is 0 Å². The summed E-state index contributed by atoms with van der Waals surface area (Å²) in [5.74, 6) is 1.17. The average Bonchev–Trinajstić information content (AvgIpc) is 2.87. The molecule has 0 radical (unpaired) electrons. The second kappa shape index (κ2) is 6.19. The van der Waals surface area contributed by atoms with Crippen molar-refractivity contribution in [1.82, 2.24) is 4.98 Å². The smallest absolute Gasteiger partial charge is 0.132 e. The molecular weight excluding hydrogens is 222 g/mol. The van der Waals surface area contributed by atoms with E-state index in [0.717, 1.165) is 19.4 Å². The van der Waals surface area contributed by atoms with E-state index in [0.29, 0.717) is 6.04 Å². The predicted molar refractivity (Wildman–Crippen MR) is 76.9 cm³/mol. The van der Waals surface area contributed by atoms with E-state index in [1.54, 1.807) is 0 Å². The second-order valence-corrected chi connectivity index (χ2v) is 5.26. The van der Waals surface area contributed by atoms with Gasteiger partial charge in [0.1, 0.15) is 5.82 Å². The zero-order chi connectivity index (χ0) is 13.0. The molecule has 2 rings (SSSR count). The van der Waals surface area contributed by atoms with Crippen LogP contribution in [0.5, 0.6) is 0 Å². The van der Waals surface area contributed by atoms with Gasteiger partial charge in [0.2, 0.25) is 0 Å². The minimum Gasteiger partial charge on any atom is -0.353 e. The number of nitrogens with zero attached hydrogens (tertiary/aromatic N) is 2. The summed E-state index contributed by atoms with van der Waals surface area (Å²) in [6, 6.07) is 5.12. The SMILES string of the molecule is CCC(N)Cc1cccnc1N1CCCC1CC. The van der Waals surface area contributed by atoms with Gasteiger partial charge in [-0.15, -0.1) is 0 Å². The van der Waals surface area contributed by atoms with Gasteiger partial charge in [-0.25, -0.2) is 4.98 Å². The molecule has 1 aromatic rings. The molecule has 2 unspecified atom stereocenters. The Morgan fingerprint density at radius 1 is 1.50 bits per heavy atom. The van der Waals surface area contributed by atoms with Gasteiger partial charge in [0, 0.05) is 24.8 Å². The highest BCUT2D eigenvalue weighted by Crippen LogP contribution is 2.28. The maximum Gasteiger partial charge on any atom is 0.132 e. The molecule has 1 fully saturated rings. The Labute approximate surface area is 110 Å². The van der Waals surface area contributed by atoms with Crippen LogP contribution in [-0.2, 0) is 6.42 Å². The maximum absolute atomic E-state index is 6.09. The Hall–Kier alpha value is -1.09. The summed E-state index contributed by atoms with van der Waals surface area (Å²) >= 11 is 0. The summed E-state index contributed by atoms with van der Waals surface area (Å²) in [5.41, 5.74) is 7.41. The van der Waals surface area contributed by atoms with Crippen molar-refractivity contribution in [2.75, 3.05) is 11.4 Å². The normalized spacial score (nSPS) is 21.3. The topological polar surface area (TPSA) is 42.1 Å². The van der Waals surface area contributed by atoms with Gasteiger partial charge in [0.25, 0.3) is 0 Å². The number of hydrogen-bond donors (Lipinski definition) is 1. The highest BCUT2D eigenvalue weighted by molar-refractivity contribution is 5.49. The number of hydrogen-bond acceptors (Lipinski definition) is 3. The molecule has 0 bridgehead atoms. The maximum atomic E-state index is 6.09. The van der Waals surface area contributed by atoms with Gasteiger partial charge in [-0.05, 0) is 43.7 Å². The number of anilines is 1. The lowest BCUT2D eigenvalue weighted by Gasteiger charge is -2.27. The molecule has 0 saturated carbocycles. The van der Waals surface area contributed by atoms with Gasteiger partial charge in [0.05, 0.1) is 0 Å². The van der Waals surface area contributed by atoms with Crippen LogP contribution in [0.1, 0.15) is 45.1 Å². The van der Waals surface area contributed by atoms with Crippen LogP contribution in [-0.4, -0.2) is 23.6 Å². The molecule has 0 spiro atoms. The fraction of sp³-hybridized carbons (Fsp3) is 0.667. The Morgan fingerprint density at radius 2 is 2.33 bits per heavy atom. The van der Waals surface area contributed by atoms with E-state index in [2.05, 4.69) is 29.8 Å². The molecule has 100 valence electrons. The van der Waals surface area contributed by atoms with Crippen LogP contribution in [0.2, 0.25) is 0 Å². The van der Waals surface area contributed by atoms with Gasteiger partial charge in [-0.3, -0.25) is 0 Å².